The molecule has 0 aliphatic heterocycles. The number of non-ortho nitro benzene ring substituents is 1. The van der Waals surface area contributed by atoms with E-state index in [2.05, 4.69) is 0 Å². The maximum atomic E-state index is 10.4. The van der Waals surface area contributed by atoms with Crippen LogP contribution in [-0.4, -0.2) is 19.0 Å². The number of nitro groups is 1. The van der Waals surface area contributed by atoms with E-state index >= 15 is 0 Å². The van der Waals surface area contributed by atoms with Gasteiger partial charge in [0, 0.05) is 12.1 Å². The van der Waals surface area contributed by atoms with E-state index in [1.807, 2.05) is 19.4 Å². The van der Waals surface area contributed by atoms with Crippen LogP contribution in [0.1, 0.15) is 0 Å². The third-order valence-corrected chi connectivity index (χ3v) is 1.05. The van der Waals surface area contributed by atoms with Crippen LogP contribution in [0, 0.1) is 10.1 Å². The zero-order chi connectivity index (χ0) is 10.3. The first-order valence-corrected chi connectivity index (χ1v) is 3.77. The molecule has 0 aliphatic carbocycles. The Morgan fingerprint density at radius 3 is 1.92 bits per heavy atom. The summed E-state index contributed by atoms with van der Waals surface area (Å²) < 4.78 is 0. The summed E-state index contributed by atoms with van der Waals surface area (Å²) in [4.78, 5) is 9.47. The van der Waals surface area contributed by atoms with Gasteiger partial charge < -0.3 is 10.4 Å². The molecule has 0 amide bonds. The Kier molecular flexibility index (Phi) is 5.22. The van der Waals surface area contributed by atoms with Crippen molar-refractivity contribution in [3.8, 4) is 5.75 Å². The Morgan fingerprint density at radius 2 is 1.62 bits per heavy atom. The highest BCUT2D eigenvalue weighted by atomic mass is 16.6. The quantitative estimate of drug-likeness (QED) is 0.470. The number of benzene rings is 1. The third kappa shape index (κ3) is 4.76. The second kappa shape index (κ2) is 5.96. The molecule has 0 saturated carbocycles. The second-order valence-corrected chi connectivity index (χ2v) is 2.33. The molecule has 0 fully saturated rings. The Hall–Kier alpha value is -1.62. The lowest BCUT2D eigenvalue weighted by atomic mass is 10.3. The van der Waals surface area contributed by atoms with Gasteiger partial charge in [-0.1, -0.05) is 12.1 Å². The molecule has 0 atom stereocenters. The highest BCUT2D eigenvalue weighted by Gasteiger charge is 1.99. The number of quaternary nitrogens is 1. The zero-order valence-electron chi connectivity index (χ0n) is 7.56. The SMILES string of the molecule is C[NH2+]C.O=[N+]([O-])c1ccc([O-])cc1. The maximum Gasteiger partial charge on any atom is 0.269 e. The van der Waals surface area contributed by atoms with Crippen molar-refractivity contribution in [3.63, 3.8) is 0 Å². The Bertz CT molecular complexity index is 259. The lowest BCUT2D eigenvalue weighted by Gasteiger charge is -2.00. The molecule has 2 N–H and O–H groups in total. The summed E-state index contributed by atoms with van der Waals surface area (Å²) in [6.45, 7) is 0. The molecule has 0 aromatic heterocycles. The second-order valence-electron chi connectivity index (χ2n) is 2.33. The topological polar surface area (TPSA) is 82.8 Å². The first kappa shape index (κ1) is 11.4. The van der Waals surface area contributed by atoms with Gasteiger partial charge in [0.1, 0.15) is 0 Å². The highest BCUT2D eigenvalue weighted by Crippen LogP contribution is 2.12. The summed E-state index contributed by atoms with van der Waals surface area (Å²) in [5, 5.41) is 22.4. The largest absolute Gasteiger partial charge is 0.872 e. The molecular formula is C8H12N2O3. The van der Waals surface area contributed by atoms with Crippen LogP contribution in [0.15, 0.2) is 24.3 Å². The predicted molar refractivity (Wildman–Crippen MR) is 46.3 cm³/mol. The molecule has 1 rings (SSSR count). The van der Waals surface area contributed by atoms with Crippen LogP contribution in [0.25, 0.3) is 0 Å². The molecule has 0 radical (unpaired) electrons. The van der Waals surface area contributed by atoms with Crippen LogP contribution < -0.4 is 10.4 Å². The minimum atomic E-state index is -0.542. The summed E-state index contributed by atoms with van der Waals surface area (Å²) in [6, 6.07) is 4.70. The van der Waals surface area contributed by atoms with Crippen LogP contribution in [0.4, 0.5) is 5.69 Å². The van der Waals surface area contributed by atoms with E-state index in [1.54, 1.807) is 0 Å². The molecule has 0 spiro atoms. The van der Waals surface area contributed by atoms with Gasteiger partial charge in [-0.05, 0) is 0 Å². The summed E-state index contributed by atoms with van der Waals surface area (Å²) in [7, 11) is 4.00. The van der Waals surface area contributed by atoms with Crippen molar-refractivity contribution in [2.24, 2.45) is 0 Å². The van der Waals surface area contributed by atoms with Gasteiger partial charge in [-0.3, -0.25) is 10.1 Å². The van der Waals surface area contributed by atoms with Gasteiger partial charge in [-0.25, -0.2) is 0 Å². The van der Waals surface area contributed by atoms with Gasteiger partial charge in [0.25, 0.3) is 5.69 Å². The van der Waals surface area contributed by atoms with Crippen LogP contribution >= 0.6 is 0 Å². The van der Waals surface area contributed by atoms with E-state index < -0.39 is 4.92 Å². The van der Waals surface area contributed by atoms with Gasteiger partial charge in [0.2, 0.25) is 0 Å². The van der Waals surface area contributed by atoms with Crippen molar-refractivity contribution in [1.82, 2.24) is 0 Å². The molecule has 0 heterocycles. The number of hydrogen-bond donors (Lipinski definition) is 1. The van der Waals surface area contributed by atoms with Gasteiger partial charge in [0.05, 0.1) is 19.0 Å². The Labute approximate surface area is 76.2 Å². The minimum Gasteiger partial charge on any atom is -0.872 e. The van der Waals surface area contributed by atoms with Crippen molar-refractivity contribution >= 4 is 5.69 Å². The average Bonchev–Trinajstić information content (AvgIpc) is 2.06. The molecule has 5 nitrogen and oxygen atoms in total. The number of nitro benzene ring substituents is 1. The summed E-state index contributed by atoms with van der Waals surface area (Å²) in [5.74, 6) is -0.217. The number of nitrogens with zero attached hydrogens (tertiary/aromatic N) is 1. The van der Waals surface area contributed by atoms with E-state index in [0.29, 0.717) is 0 Å². The number of hydrogen-bond acceptors (Lipinski definition) is 3. The minimum absolute atomic E-state index is 0.0559. The van der Waals surface area contributed by atoms with Gasteiger partial charge in [0.15, 0.2) is 0 Å². The van der Waals surface area contributed by atoms with Crippen molar-refractivity contribution in [2.75, 3.05) is 14.1 Å². The van der Waals surface area contributed by atoms with Crippen LogP contribution in [0.5, 0.6) is 5.75 Å². The fraction of sp³-hybridized carbons (Fsp3) is 0.250. The van der Waals surface area contributed by atoms with Crippen molar-refractivity contribution in [2.45, 2.75) is 0 Å². The lowest BCUT2D eigenvalue weighted by molar-refractivity contribution is -0.597. The molecule has 72 valence electrons. The number of rotatable bonds is 1. The predicted octanol–water partition coefficient (Wildman–Crippen LogP) is -0.522. The van der Waals surface area contributed by atoms with Crippen LogP contribution in [0.2, 0.25) is 0 Å². The smallest absolute Gasteiger partial charge is 0.269 e. The molecule has 1 aromatic carbocycles. The molecule has 5 heteroatoms. The molecular weight excluding hydrogens is 172 g/mol. The monoisotopic (exact) mass is 184 g/mol. The molecule has 13 heavy (non-hydrogen) atoms. The van der Waals surface area contributed by atoms with Gasteiger partial charge in [-0.2, -0.15) is 0 Å². The normalized spacial score (nSPS) is 8.46. The van der Waals surface area contributed by atoms with E-state index in [9.17, 15) is 15.2 Å². The lowest BCUT2D eigenvalue weighted by Crippen LogP contribution is -2.74. The standard InChI is InChI=1S/C6H5NO3.C2H7N/c8-6-3-1-5(2-4-6)7(9)10;1-3-2/h1-4,8H;3H,1-2H3. The Morgan fingerprint density at radius 1 is 1.23 bits per heavy atom. The molecule has 0 bridgehead atoms. The fourth-order valence-electron chi connectivity index (χ4n) is 0.568. The van der Waals surface area contributed by atoms with E-state index in [0.717, 1.165) is 12.1 Å². The van der Waals surface area contributed by atoms with Crippen molar-refractivity contribution in [3.05, 3.63) is 34.4 Å². The van der Waals surface area contributed by atoms with Crippen molar-refractivity contribution < 1.29 is 15.3 Å². The van der Waals surface area contributed by atoms with Crippen LogP contribution in [-0.2, 0) is 0 Å². The highest BCUT2D eigenvalue weighted by molar-refractivity contribution is 5.34. The van der Waals surface area contributed by atoms with Gasteiger partial charge >= 0.3 is 0 Å². The van der Waals surface area contributed by atoms with E-state index in [4.69, 9.17) is 0 Å². The maximum absolute atomic E-state index is 10.4. The average molecular weight is 184 g/mol. The first-order valence-electron chi connectivity index (χ1n) is 3.77. The Balaban J connectivity index is 0.000000424. The summed E-state index contributed by atoms with van der Waals surface area (Å²) >= 11 is 0. The van der Waals surface area contributed by atoms with Crippen molar-refractivity contribution in [1.29, 1.82) is 0 Å². The van der Waals surface area contributed by atoms with Gasteiger partial charge in [-0.15, -0.1) is 5.75 Å². The van der Waals surface area contributed by atoms with Crippen LogP contribution in [0.3, 0.4) is 0 Å². The fourth-order valence-corrected chi connectivity index (χ4v) is 0.568. The number of nitrogens with two attached hydrogens (primary N) is 1. The third-order valence-electron chi connectivity index (χ3n) is 1.05. The first-order chi connectivity index (χ1) is 6.11. The summed E-state index contributed by atoms with van der Waals surface area (Å²) in [5.41, 5.74) is -0.0559. The molecule has 0 saturated heterocycles. The zero-order valence-corrected chi connectivity index (χ0v) is 7.56. The molecule has 1 aromatic rings. The van der Waals surface area contributed by atoms with E-state index in [-0.39, 0.29) is 11.4 Å². The van der Waals surface area contributed by atoms with E-state index in [1.165, 1.54) is 12.1 Å². The summed E-state index contributed by atoms with van der Waals surface area (Å²) in [6.07, 6.45) is 0. The molecule has 0 unspecified atom stereocenters. The molecule has 0 aliphatic rings.